The standard InChI is InChI=1S/C9H8N2O3/c12-6-3-7(13)9(8(14)4-6)11-2-1-10-5-11/h1-5,12-14H. The number of phenolic OH excluding ortho intramolecular Hbond substituents is 3. The predicted octanol–water partition coefficient (Wildman–Crippen LogP) is 0.989. The van der Waals surface area contributed by atoms with Crippen LogP contribution in [0, 0.1) is 0 Å². The molecule has 0 aliphatic heterocycles. The summed E-state index contributed by atoms with van der Waals surface area (Å²) in [4.78, 5) is 3.78. The van der Waals surface area contributed by atoms with E-state index in [1.165, 1.54) is 17.1 Å². The van der Waals surface area contributed by atoms with Gasteiger partial charge in [0.15, 0.2) is 0 Å². The van der Waals surface area contributed by atoms with Crippen molar-refractivity contribution in [3.8, 4) is 22.9 Å². The molecule has 2 aromatic rings. The van der Waals surface area contributed by atoms with Crippen LogP contribution in [-0.2, 0) is 0 Å². The summed E-state index contributed by atoms with van der Waals surface area (Å²) in [7, 11) is 0. The molecule has 72 valence electrons. The van der Waals surface area contributed by atoms with Crippen LogP contribution in [-0.4, -0.2) is 24.9 Å². The summed E-state index contributed by atoms with van der Waals surface area (Å²) in [6, 6.07) is 2.30. The number of nitrogens with zero attached hydrogens (tertiary/aromatic N) is 2. The summed E-state index contributed by atoms with van der Waals surface area (Å²) in [5, 5.41) is 28.0. The maximum atomic E-state index is 9.48. The van der Waals surface area contributed by atoms with Crippen LogP contribution in [0.25, 0.3) is 5.69 Å². The molecule has 0 atom stereocenters. The second-order valence-electron chi connectivity index (χ2n) is 2.80. The van der Waals surface area contributed by atoms with Gasteiger partial charge in [-0.2, -0.15) is 0 Å². The number of benzene rings is 1. The van der Waals surface area contributed by atoms with Gasteiger partial charge in [-0.05, 0) is 0 Å². The van der Waals surface area contributed by atoms with Gasteiger partial charge in [0.2, 0.25) is 0 Å². The third-order valence-electron chi connectivity index (χ3n) is 1.82. The molecule has 0 amide bonds. The van der Waals surface area contributed by atoms with Gasteiger partial charge in [-0.25, -0.2) is 4.98 Å². The van der Waals surface area contributed by atoms with E-state index < -0.39 is 0 Å². The van der Waals surface area contributed by atoms with Gasteiger partial charge in [0.05, 0.1) is 6.33 Å². The molecule has 0 saturated heterocycles. The Kier molecular flexibility index (Phi) is 1.78. The average Bonchev–Trinajstić information content (AvgIpc) is 2.54. The lowest BCUT2D eigenvalue weighted by molar-refractivity contribution is 0.424. The van der Waals surface area contributed by atoms with Crippen molar-refractivity contribution >= 4 is 0 Å². The van der Waals surface area contributed by atoms with Crippen molar-refractivity contribution in [1.82, 2.24) is 9.55 Å². The van der Waals surface area contributed by atoms with E-state index in [9.17, 15) is 10.2 Å². The molecule has 0 bridgehead atoms. The highest BCUT2D eigenvalue weighted by Crippen LogP contribution is 2.34. The highest BCUT2D eigenvalue weighted by atomic mass is 16.3. The van der Waals surface area contributed by atoms with E-state index in [-0.39, 0.29) is 22.9 Å². The molecule has 0 aliphatic carbocycles. The zero-order valence-electron chi connectivity index (χ0n) is 7.12. The minimum Gasteiger partial charge on any atom is -0.508 e. The third kappa shape index (κ3) is 1.24. The van der Waals surface area contributed by atoms with Gasteiger partial charge >= 0.3 is 0 Å². The largest absolute Gasteiger partial charge is 0.508 e. The summed E-state index contributed by atoms with van der Waals surface area (Å²) in [5.41, 5.74) is 0.195. The quantitative estimate of drug-likeness (QED) is 0.629. The van der Waals surface area contributed by atoms with Crippen LogP contribution in [0.15, 0.2) is 30.9 Å². The molecule has 0 aliphatic rings. The Morgan fingerprint density at radius 2 is 1.71 bits per heavy atom. The molecular weight excluding hydrogens is 184 g/mol. The normalized spacial score (nSPS) is 10.3. The van der Waals surface area contributed by atoms with E-state index in [4.69, 9.17) is 5.11 Å². The first-order valence-electron chi connectivity index (χ1n) is 3.92. The van der Waals surface area contributed by atoms with Gasteiger partial charge in [0.25, 0.3) is 0 Å². The van der Waals surface area contributed by atoms with Gasteiger partial charge in [0, 0.05) is 24.5 Å². The number of rotatable bonds is 1. The van der Waals surface area contributed by atoms with Gasteiger partial charge in [-0.15, -0.1) is 0 Å². The summed E-state index contributed by atoms with van der Waals surface area (Å²) >= 11 is 0. The molecule has 5 nitrogen and oxygen atoms in total. The van der Waals surface area contributed by atoms with Crippen LogP contribution in [0.4, 0.5) is 0 Å². The monoisotopic (exact) mass is 192 g/mol. The molecule has 0 saturated carbocycles. The zero-order chi connectivity index (χ0) is 10.1. The third-order valence-corrected chi connectivity index (χ3v) is 1.82. The Morgan fingerprint density at radius 3 is 2.21 bits per heavy atom. The Morgan fingerprint density at radius 1 is 1.07 bits per heavy atom. The van der Waals surface area contributed by atoms with Crippen LogP contribution in [0.5, 0.6) is 17.2 Å². The molecule has 2 rings (SSSR count). The minimum atomic E-state index is -0.208. The predicted molar refractivity (Wildman–Crippen MR) is 48.6 cm³/mol. The number of aromatic hydroxyl groups is 3. The van der Waals surface area contributed by atoms with Crippen LogP contribution >= 0.6 is 0 Å². The van der Waals surface area contributed by atoms with Crippen molar-refractivity contribution in [3.05, 3.63) is 30.9 Å². The van der Waals surface area contributed by atoms with Crippen molar-refractivity contribution < 1.29 is 15.3 Å². The molecule has 0 fully saturated rings. The molecule has 0 spiro atoms. The van der Waals surface area contributed by atoms with Gasteiger partial charge < -0.3 is 15.3 Å². The summed E-state index contributed by atoms with van der Waals surface area (Å²) in [5.74, 6) is -0.607. The van der Waals surface area contributed by atoms with E-state index in [0.29, 0.717) is 0 Å². The zero-order valence-corrected chi connectivity index (χ0v) is 7.12. The van der Waals surface area contributed by atoms with Crippen molar-refractivity contribution in [2.45, 2.75) is 0 Å². The van der Waals surface area contributed by atoms with E-state index in [2.05, 4.69) is 4.98 Å². The van der Waals surface area contributed by atoms with Gasteiger partial charge in [0.1, 0.15) is 22.9 Å². The fourth-order valence-electron chi connectivity index (χ4n) is 1.25. The smallest absolute Gasteiger partial charge is 0.147 e. The summed E-state index contributed by atoms with van der Waals surface area (Å²) < 4.78 is 1.45. The molecule has 3 N–H and O–H groups in total. The van der Waals surface area contributed by atoms with Gasteiger partial charge in [-0.1, -0.05) is 0 Å². The van der Waals surface area contributed by atoms with Crippen LogP contribution in [0.3, 0.4) is 0 Å². The highest BCUT2D eigenvalue weighted by Gasteiger charge is 2.10. The average molecular weight is 192 g/mol. The van der Waals surface area contributed by atoms with E-state index in [0.717, 1.165) is 12.1 Å². The number of hydrogen-bond acceptors (Lipinski definition) is 4. The second kappa shape index (κ2) is 2.95. The Balaban J connectivity index is 2.64. The van der Waals surface area contributed by atoms with Crippen LogP contribution < -0.4 is 0 Å². The molecule has 0 unspecified atom stereocenters. The molecule has 5 heteroatoms. The first kappa shape index (κ1) is 8.43. The first-order chi connectivity index (χ1) is 6.68. The minimum absolute atomic E-state index is 0.191. The lowest BCUT2D eigenvalue weighted by Gasteiger charge is -2.07. The maximum Gasteiger partial charge on any atom is 0.147 e. The van der Waals surface area contributed by atoms with E-state index in [1.807, 2.05) is 0 Å². The Labute approximate surface area is 79.5 Å². The maximum absolute atomic E-state index is 9.48. The molecule has 14 heavy (non-hydrogen) atoms. The number of hydrogen-bond donors (Lipinski definition) is 3. The van der Waals surface area contributed by atoms with Crippen molar-refractivity contribution in [3.63, 3.8) is 0 Å². The molecule has 1 aromatic heterocycles. The highest BCUT2D eigenvalue weighted by molar-refractivity contribution is 5.59. The van der Waals surface area contributed by atoms with Crippen LogP contribution in [0.2, 0.25) is 0 Å². The number of aromatic nitrogens is 2. The lowest BCUT2D eigenvalue weighted by Crippen LogP contribution is -1.91. The Bertz CT molecular complexity index is 428. The van der Waals surface area contributed by atoms with Crippen molar-refractivity contribution in [1.29, 1.82) is 0 Å². The molecule has 0 radical (unpaired) electrons. The number of phenols is 3. The first-order valence-corrected chi connectivity index (χ1v) is 3.92. The SMILES string of the molecule is Oc1cc(O)c(-n2ccnc2)c(O)c1. The molecular formula is C9H8N2O3. The van der Waals surface area contributed by atoms with E-state index >= 15 is 0 Å². The van der Waals surface area contributed by atoms with Crippen molar-refractivity contribution in [2.75, 3.05) is 0 Å². The Hall–Kier alpha value is -2.17. The summed E-state index contributed by atoms with van der Waals surface area (Å²) in [6.07, 6.45) is 4.53. The molecule has 1 aromatic carbocycles. The molecule has 1 heterocycles. The topological polar surface area (TPSA) is 78.5 Å². The van der Waals surface area contributed by atoms with E-state index in [1.54, 1.807) is 6.20 Å². The fourth-order valence-corrected chi connectivity index (χ4v) is 1.25. The van der Waals surface area contributed by atoms with Crippen LogP contribution in [0.1, 0.15) is 0 Å². The van der Waals surface area contributed by atoms with Crippen molar-refractivity contribution in [2.24, 2.45) is 0 Å². The summed E-state index contributed by atoms with van der Waals surface area (Å²) in [6.45, 7) is 0. The second-order valence-corrected chi connectivity index (χ2v) is 2.80. The fraction of sp³-hybridized carbons (Fsp3) is 0. The van der Waals surface area contributed by atoms with Gasteiger partial charge in [-0.3, -0.25) is 4.57 Å². The number of imidazole rings is 1. The lowest BCUT2D eigenvalue weighted by atomic mass is 10.2.